The highest BCUT2D eigenvalue weighted by Crippen LogP contribution is 2.62. The van der Waals surface area contributed by atoms with E-state index < -0.39 is 0 Å². The molecule has 4 aliphatic carbocycles. The third-order valence-electron chi connectivity index (χ3n) is 14.7. The van der Waals surface area contributed by atoms with Gasteiger partial charge in [-0.15, -0.1) is 0 Å². The van der Waals surface area contributed by atoms with Crippen LogP contribution in [0.2, 0.25) is 0 Å². The van der Waals surface area contributed by atoms with Crippen LogP contribution in [0.3, 0.4) is 0 Å². The quantitative estimate of drug-likeness (QED) is 0.176. The fraction of sp³-hybridized carbons (Fsp3) is 0.228. The monoisotopic (exact) mass is 762 g/mol. The molecule has 0 N–H and O–H groups in total. The van der Waals surface area contributed by atoms with Crippen LogP contribution in [-0.4, -0.2) is 0 Å². The molecular formula is C57H50N2. The molecule has 1 unspecified atom stereocenters. The smallest absolute Gasteiger partial charge is 0.0540 e. The minimum atomic E-state index is 0.202. The Hall–Kier alpha value is -6.12. The molecule has 2 aliphatic heterocycles. The largest absolute Gasteiger partial charge is 0.314 e. The van der Waals surface area contributed by atoms with Crippen molar-refractivity contribution in [1.29, 1.82) is 0 Å². The summed E-state index contributed by atoms with van der Waals surface area (Å²) in [6.45, 7) is 0. The molecule has 6 aromatic rings. The molecule has 2 heterocycles. The predicted octanol–water partition coefficient (Wildman–Crippen LogP) is 15.0. The van der Waals surface area contributed by atoms with Crippen molar-refractivity contribution in [3.05, 3.63) is 208 Å². The van der Waals surface area contributed by atoms with Gasteiger partial charge in [-0.2, -0.15) is 0 Å². The minimum absolute atomic E-state index is 0.202. The van der Waals surface area contributed by atoms with Crippen molar-refractivity contribution in [3.63, 3.8) is 0 Å². The molecule has 1 atom stereocenters. The van der Waals surface area contributed by atoms with Crippen LogP contribution in [0.15, 0.2) is 175 Å². The Balaban J connectivity index is 0.900. The van der Waals surface area contributed by atoms with Crippen LogP contribution in [0.1, 0.15) is 84.7 Å². The first kappa shape index (κ1) is 34.9. The van der Waals surface area contributed by atoms with Gasteiger partial charge in [0.2, 0.25) is 0 Å². The van der Waals surface area contributed by atoms with Gasteiger partial charge in [-0.05, 0) is 156 Å². The normalized spacial score (nSPS) is 20.0. The van der Waals surface area contributed by atoms with Gasteiger partial charge in [0.15, 0.2) is 0 Å². The number of allylic oxidation sites excluding steroid dienone is 9. The molecule has 0 saturated heterocycles. The lowest BCUT2D eigenvalue weighted by Crippen LogP contribution is -2.29. The second-order valence-corrected chi connectivity index (χ2v) is 17.7. The third kappa shape index (κ3) is 5.60. The predicted molar refractivity (Wildman–Crippen MR) is 248 cm³/mol. The van der Waals surface area contributed by atoms with Gasteiger partial charge in [0, 0.05) is 39.2 Å². The van der Waals surface area contributed by atoms with E-state index in [4.69, 9.17) is 0 Å². The molecular weight excluding hydrogens is 713 g/mol. The summed E-state index contributed by atoms with van der Waals surface area (Å²) in [5.41, 5.74) is 21.4. The summed E-state index contributed by atoms with van der Waals surface area (Å²) in [7, 11) is 0. The molecule has 6 aromatic carbocycles. The topological polar surface area (TPSA) is 6.48 Å². The van der Waals surface area contributed by atoms with E-state index in [1.165, 1.54) is 110 Å². The molecule has 2 heteroatoms. The van der Waals surface area contributed by atoms with E-state index in [2.05, 4.69) is 174 Å². The molecule has 0 aromatic heterocycles. The van der Waals surface area contributed by atoms with E-state index in [0.29, 0.717) is 5.92 Å². The maximum atomic E-state index is 2.65. The highest BCUT2D eigenvalue weighted by atomic mass is 15.2. The zero-order valence-corrected chi connectivity index (χ0v) is 33.8. The van der Waals surface area contributed by atoms with Gasteiger partial charge in [0.05, 0.1) is 5.69 Å². The summed E-state index contributed by atoms with van der Waals surface area (Å²) in [4.78, 5) is 5.16. The SMILES string of the molecule is C1=CC2=C(CC1)N(c1ccc3c(c1)C1(CCCC1)C1CC(/C=C/c4cccc5c(N6c7ccccc7CCc7ccccc76)cccc45)=CC=C31)c1ccccc1CC2. The highest BCUT2D eigenvalue weighted by molar-refractivity contribution is 6.03. The second-order valence-electron chi connectivity index (χ2n) is 17.7. The molecule has 12 rings (SSSR count). The molecule has 0 amide bonds. The van der Waals surface area contributed by atoms with Gasteiger partial charge in [-0.25, -0.2) is 0 Å². The Morgan fingerprint density at radius 1 is 0.559 bits per heavy atom. The van der Waals surface area contributed by atoms with Crippen LogP contribution in [0.4, 0.5) is 28.4 Å². The van der Waals surface area contributed by atoms with Gasteiger partial charge < -0.3 is 9.80 Å². The maximum Gasteiger partial charge on any atom is 0.0540 e. The third-order valence-corrected chi connectivity index (χ3v) is 14.7. The van der Waals surface area contributed by atoms with Crippen molar-refractivity contribution in [2.24, 2.45) is 5.92 Å². The van der Waals surface area contributed by atoms with Gasteiger partial charge in [-0.3, -0.25) is 0 Å². The van der Waals surface area contributed by atoms with E-state index in [9.17, 15) is 0 Å². The molecule has 59 heavy (non-hydrogen) atoms. The number of benzene rings is 6. The first-order chi connectivity index (χ1) is 29.2. The molecule has 1 fully saturated rings. The number of fused-ring (bicyclic) bond motifs is 9. The Labute approximate surface area is 349 Å². The number of hydrogen-bond acceptors (Lipinski definition) is 2. The molecule has 2 nitrogen and oxygen atoms in total. The lowest BCUT2D eigenvalue weighted by atomic mass is 9.69. The zero-order valence-electron chi connectivity index (χ0n) is 33.8. The average molecular weight is 763 g/mol. The lowest BCUT2D eigenvalue weighted by molar-refractivity contribution is 0.348. The van der Waals surface area contributed by atoms with Gasteiger partial charge in [-0.1, -0.05) is 140 Å². The first-order valence-electron chi connectivity index (χ1n) is 22.2. The Morgan fingerprint density at radius 2 is 1.22 bits per heavy atom. The van der Waals surface area contributed by atoms with E-state index in [1.54, 1.807) is 11.1 Å². The summed E-state index contributed by atoms with van der Waals surface area (Å²) in [5, 5.41) is 2.58. The number of rotatable bonds is 4. The van der Waals surface area contributed by atoms with E-state index >= 15 is 0 Å². The summed E-state index contributed by atoms with van der Waals surface area (Å²) < 4.78 is 0. The number of hydrogen-bond donors (Lipinski definition) is 0. The standard InChI is InChI=1S/C57H50N2/c1-5-20-52-41(13-1)28-29-42-14-2-6-21-53(42)58(52)45-32-34-48-47-33-26-39(37-50(47)57(51(48)38-45)35-9-10-36-57)25-27-40-17-11-19-49-46(40)18-12-24-56(49)59-54-22-7-3-15-43(54)30-31-44-16-4-8-23-55(44)59/h1-5,7-8,11-20,22-27,32-34,38,50H,6,9-10,21,28-31,35-37H2/b27-25+. The average Bonchev–Trinajstić information content (AvgIpc) is 3.78. The van der Waals surface area contributed by atoms with Crippen LogP contribution < -0.4 is 9.80 Å². The molecule has 0 bridgehead atoms. The zero-order chi connectivity index (χ0) is 38.9. The summed E-state index contributed by atoms with van der Waals surface area (Å²) in [6.07, 6.45) is 27.4. The maximum absolute atomic E-state index is 2.65. The van der Waals surface area contributed by atoms with E-state index in [0.717, 1.165) is 44.9 Å². The molecule has 288 valence electrons. The molecule has 1 saturated carbocycles. The van der Waals surface area contributed by atoms with Crippen molar-refractivity contribution >= 4 is 50.9 Å². The van der Waals surface area contributed by atoms with Crippen molar-refractivity contribution in [2.75, 3.05) is 9.80 Å². The number of para-hydroxylation sites is 3. The first-order valence-corrected chi connectivity index (χ1v) is 22.2. The molecule has 6 aliphatic rings. The van der Waals surface area contributed by atoms with Crippen molar-refractivity contribution in [1.82, 2.24) is 0 Å². The van der Waals surface area contributed by atoms with Crippen LogP contribution in [-0.2, 0) is 24.7 Å². The van der Waals surface area contributed by atoms with Crippen molar-refractivity contribution in [3.8, 4) is 0 Å². The molecule has 0 radical (unpaired) electrons. The summed E-state index contributed by atoms with van der Waals surface area (Å²) in [6, 6.07) is 48.4. The van der Waals surface area contributed by atoms with Crippen molar-refractivity contribution in [2.45, 2.75) is 76.0 Å². The minimum Gasteiger partial charge on any atom is -0.314 e. The number of anilines is 5. The number of aryl methyl sites for hydroxylation is 3. The van der Waals surface area contributed by atoms with Gasteiger partial charge >= 0.3 is 0 Å². The fourth-order valence-corrected chi connectivity index (χ4v) is 12.0. The fourth-order valence-electron chi connectivity index (χ4n) is 12.0. The van der Waals surface area contributed by atoms with Gasteiger partial charge in [0.1, 0.15) is 0 Å². The summed E-state index contributed by atoms with van der Waals surface area (Å²) in [5.74, 6) is 0.519. The van der Waals surface area contributed by atoms with Crippen molar-refractivity contribution < 1.29 is 0 Å². The van der Waals surface area contributed by atoms with E-state index in [-0.39, 0.29) is 5.41 Å². The molecule has 1 spiro atoms. The van der Waals surface area contributed by atoms with Crippen LogP contribution in [0.25, 0.3) is 22.4 Å². The highest BCUT2D eigenvalue weighted by Gasteiger charge is 2.51. The van der Waals surface area contributed by atoms with Crippen LogP contribution in [0, 0.1) is 5.92 Å². The van der Waals surface area contributed by atoms with Gasteiger partial charge in [0.25, 0.3) is 0 Å². The van der Waals surface area contributed by atoms with E-state index in [1.807, 2.05) is 0 Å². The summed E-state index contributed by atoms with van der Waals surface area (Å²) >= 11 is 0. The Morgan fingerprint density at radius 3 is 1.98 bits per heavy atom. The number of nitrogens with zero attached hydrogens (tertiary/aromatic N) is 2. The lowest BCUT2D eigenvalue weighted by Gasteiger charge is -2.35. The Bertz CT molecular complexity index is 2790. The Kier molecular flexibility index (Phi) is 8.29. The van der Waals surface area contributed by atoms with Crippen LogP contribution >= 0.6 is 0 Å². The van der Waals surface area contributed by atoms with Crippen LogP contribution in [0.5, 0.6) is 0 Å². The second kappa shape index (κ2) is 14.0.